The van der Waals surface area contributed by atoms with E-state index in [0.29, 0.717) is 0 Å². The summed E-state index contributed by atoms with van der Waals surface area (Å²) in [7, 11) is 0. The summed E-state index contributed by atoms with van der Waals surface area (Å²) in [6.45, 7) is -1.55. The molecular formula is C20H5F15N4. The highest BCUT2D eigenvalue weighted by Gasteiger charge is 2.41. The summed E-state index contributed by atoms with van der Waals surface area (Å²) < 4.78 is 210. The third-order valence-corrected chi connectivity index (χ3v) is 5.33. The van der Waals surface area contributed by atoms with Crippen LogP contribution in [0.2, 0.25) is 0 Å². The van der Waals surface area contributed by atoms with E-state index < -0.39 is 122 Å². The summed E-state index contributed by atoms with van der Waals surface area (Å²) in [4.78, 5) is 0. The Kier molecular flexibility index (Phi) is 7.00. The van der Waals surface area contributed by atoms with Gasteiger partial charge >= 0.3 is 0 Å². The number of halogens is 15. The molecule has 1 saturated heterocycles. The van der Waals surface area contributed by atoms with Crippen molar-refractivity contribution < 1.29 is 65.9 Å². The molecule has 1 atom stereocenters. The predicted molar refractivity (Wildman–Crippen MR) is 97.5 cm³/mol. The second kappa shape index (κ2) is 9.70. The topological polar surface area (TPSA) is 30.5 Å². The van der Waals surface area contributed by atoms with Crippen LogP contribution in [0.5, 0.6) is 0 Å². The van der Waals surface area contributed by atoms with E-state index in [1.165, 1.54) is 5.53 Å². The lowest BCUT2D eigenvalue weighted by atomic mass is 10.0. The van der Waals surface area contributed by atoms with Crippen LogP contribution in [-0.2, 0) is 0 Å². The van der Waals surface area contributed by atoms with Gasteiger partial charge < -0.3 is 0 Å². The van der Waals surface area contributed by atoms with Crippen LogP contribution >= 0.6 is 0 Å². The van der Waals surface area contributed by atoms with E-state index in [4.69, 9.17) is 0 Å². The number of hydrogen-bond acceptors (Lipinski definition) is 4. The summed E-state index contributed by atoms with van der Waals surface area (Å²) in [5.74, 6) is -40.0. The van der Waals surface area contributed by atoms with Crippen molar-refractivity contribution in [3.8, 4) is 0 Å². The normalized spacial score (nSPS) is 15.9. The highest BCUT2D eigenvalue weighted by molar-refractivity contribution is 5.55. The van der Waals surface area contributed by atoms with Crippen molar-refractivity contribution in [2.75, 3.05) is 16.7 Å². The van der Waals surface area contributed by atoms with Crippen LogP contribution in [0.25, 0.3) is 0 Å². The van der Waals surface area contributed by atoms with Gasteiger partial charge in [-0.3, -0.25) is 5.01 Å². The Bertz CT molecular complexity index is 1260. The number of hydrazine groups is 3. The highest BCUT2D eigenvalue weighted by atomic mass is 19.2. The molecule has 1 fully saturated rings. The maximum absolute atomic E-state index is 14.5. The van der Waals surface area contributed by atoms with Crippen LogP contribution < -0.4 is 21.1 Å². The molecule has 39 heavy (non-hydrogen) atoms. The van der Waals surface area contributed by atoms with Gasteiger partial charge in [0.2, 0.25) is 17.5 Å². The maximum atomic E-state index is 14.5. The fourth-order valence-corrected chi connectivity index (χ4v) is 3.53. The van der Waals surface area contributed by atoms with E-state index in [9.17, 15) is 65.9 Å². The number of rotatable bonds is 3. The van der Waals surface area contributed by atoms with Gasteiger partial charge in [-0.05, 0) is 0 Å². The molecule has 2 N–H and O–H groups in total. The first-order valence-corrected chi connectivity index (χ1v) is 9.75. The molecule has 0 saturated carbocycles. The van der Waals surface area contributed by atoms with E-state index in [0.717, 1.165) is 0 Å². The molecule has 3 aromatic carbocycles. The Hall–Kier alpha value is -3.87. The van der Waals surface area contributed by atoms with Crippen molar-refractivity contribution in [1.29, 1.82) is 0 Å². The van der Waals surface area contributed by atoms with Gasteiger partial charge in [-0.1, -0.05) is 0 Å². The third kappa shape index (κ3) is 4.15. The zero-order valence-electron chi connectivity index (χ0n) is 17.8. The molecule has 1 heterocycles. The van der Waals surface area contributed by atoms with Gasteiger partial charge in [-0.15, -0.1) is 5.53 Å². The second-order valence-corrected chi connectivity index (χ2v) is 7.55. The fraction of sp³-hybridized carbons (Fsp3) is 0.100. The van der Waals surface area contributed by atoms with E-state index >= 15 is 0 Å². The zero-order valence-corrected chi connectivity index (χ0v) is 17.8. The van der Waals surface area contributed by atoms with Gasteiger partial charge in [0, 0.05) is 0 Å². The van der Waals surface area contributed by atoms with Crippen LogP contribution in [0.1, 0.15) is 11.6 Å². The minimum absolute atomic E-state index is 0.340. The molecule has 4 rings (SSSR count). The number of nitrogens with zero attached hydrogens (tertiary/aromatic N) is 2. The number of nitrogens with one attached hydrogen (secondary N) is 2. The molecule has 19 heteroatoms. The average Bonchev–Trinajstić information content (AvgIpc) is 2.91. The third-order valence-electron chi connectivity index (χ3n) is 5.33. The smallest absolute Gasteiger partial charge is 0.200 e. The second-order valence-electron chi connectivity index (χ2n) is 7.55. The van der Waals surface area contributed by atoms with Gasteiger partial charge in [-0.25, -0.2) is 76.4 Å². The molecule has 0 aliphatic carbocycles. The minimum atomic E-state index is -2.73. The van der Waals surface area contributed by atoms with Crippen molar-refractivity contribution >= 4 is 11.4 Å². The van der Waals surface area contributed by atoms with Gasteiger partial charge in [0.05, 0.1) is 18.2 Å². The molecule has 0 bridgehead atoms. The monoisotopic (exact) mass is 586 g/mol. The van der Waals surface area contributed by atoms with Crippen molar-refractivity contribution in [3.63, 3.8) is 0 Å². The first-order chi connectivity index (χ1) is 18.1. The molecule has 1 aliphatic rings. The van der Waals surface area contributed by atoms with Gasteiger partial charge in [0.15, 0.2) is 69.8 Å². The molecule has 0 aromatic heterocycles. The first-order valence-electron chi connectivity index (χ1n) is 9.75. The summed E-state index contributed by atoms with van der Waals surface area (Å²) >= 11 is 0. The summed E-state index contributed by atoms with van der Waals surface area (Å²) in [5, 5.41) is -0.867. The van der Waals surface area contributed by atoms with Crippen molar-refractivity contribution in [3.05, 3.63) is 92.8 Å². The highest BCUT2D eigenvalue weighted by Crippen LogP contribution is 2.37. The Morgan fingerprint density at radius 3 is 1.10 bits per heavy atom. The van der Waals surface area contributed by atoms with E-state index in [1.807, 2.05) is 0 Å². The number of anilines is 2. The predicted octanol–water partition coefficient (Wildman–Crippen LogP) is 5.77. The molecule has 0 amide bonds. The van der Waals surface area contributed by atoms with Crippen molar-refractivity contribution in [2.45, 2.75) is 6.04 Å². The lowest BCUT2D eigenvalue weighted by Gasteiger charge is -2.43. The van der Waals surface area contributed by atoms with Crippen LogP contribution in [0, 0.1) is 87.3 Å². The Morgan fingerprint density at radius 1 is 0.410 bits per heavy atom. The van der Waals surface area contributed by atoms with E-state index in [2.05, 4.69) is 0 Å². The molecule has 3 aromatic rings. The molecule has 0 spiro atoms. The standard InChI is InChI=1S/C20H5F15N4/c21-4-3(5(22)7(24)8(25)6(4)23)2-1-38(19-15(32)11(28)9(26)12(29)16(19)33)37-39(36-2)20-17(34)13(30)10(27)14(31)18(20)35/h2,36-37H,1H2. The molecule has 210 valence electrons. The fourth-order valence-electron chi connectivity index (χ4n) is 3.53. The van der Waals surface area contributed by atoms with Gasteiger partial charge in [0.1, 0.15) is 11.4 Å². The van der Waals surface area contributed by atoms with Crippen molar-refractivity contribution in [1.82, 2.24) is 11.0 Å². The van der Waals surface area contributed by atoms with Crippen molar-refractivity contribution in [2.24, 2.45) is 0 Å². The SMILES string of the molecule is Fc1c(F)c(F)c(C2CN(c3c(F)c(F)c(F)c(F)c3F)NN(c3c(F)c(F)c(F)c(F)c3F)N2)c(F)c1F. The maximum Gasteiger partial charge on any atom is 0.200 e. The lowest BCUT2D eigenvalue weighted by Crippen LogP contribution is -2.66. The minimum Gasteiger partial charge on any atom is -0.282 e. The summed E-state index contributed by atoms with van der Waals surface area (Å²) in [6.07, 6.45) is 0. The lowest BCUT2D eigenvalue weighted by molar-refractivity contribution is 0.304. The van der Waals surface area contributed by atoms with E-state index in [-0.39, 0.29) is 5.01 Å². The molecule has 4 nitrogen and oxygen atoms in total. The van der Waals surface area contributed by atoms with E-state index in [1.54, 1.807) is 5.43 Å². The molecule has 0 radical (unpaired) electrons. The Morgan fingerprint density at radius 2 is 0.718 bits per heavy atom. The number of hydrogen-bond donors (Lipinski definition) is 2. The quantitative estimate of drug-likeness (QED) is 0.232. The zero-order chi connectivity index (χ0) is 29.2. The first kappa shape index (κ1) is 28.1. The molecular weight excluding hydrogens is 581 g/mol. The largest absolute Gasteiger partial charge is 0.282 e. The summed E-state index contributed by atoms with van der Waals surface area (Å²) in [5.41, 5.74) is -3.05. The Balaban J connectivity index is 1.99. The van der Waals surface area contributed by atoms with Crippen LogP contribution in [0.3, 0.4) is 0 Å². The van der Waals surface area contributed by atoms with Crippen LogP contribution in [0.15, 0.2) is 0 Å². The Labute approximate surface area is 204 Å². The number of benzene rings is 3. The van der Waals surface area contributed by atoms with Gasteiger partial charge in [0.25, 0.3) is 0 Å². The summed E-state index contributed by atoms with van der Waals surface area (Å²) in [6, 6.07) is -2.62. The van der Waals surface area contributed by atoms with Crippen LogP contribution in [-0.4, -0.2) is 6.54 Å². The van der Waals surface area contributed by atoms with Crippen LogP contribution in [0.4, 0.5) is 77.2 Å². The molecule has 1 aliphatic heterocycles. The van der Waals surface area contributed by atoms with Gasteiger partial charge in [-0.2, -0.15) is 0 Å². The molecule has 1 unspecified atom stereocenters. The average molecular weight is 586 g/mol.